The Bertz CT molecular complexity index is 1360. The summed E-state index contributed by atoms with van der Waals surface area (Å²) in [6.07, 6.45) is 7.30. The van der Waals surface area contributed by atoms with Gasteiger partial charge < -0.3 is 14.8 Å². The fourth-order valence-corrected chi connectivity index (χ4v) is 4.32. The largest absolute Gasteiger partial charge is 0.490 e. The van der Waals surface area contributed by atoms with E-state index in [2.05, 4.69) is 25.0 Å². The number of hydrogen-bond donors (Lipinski definition) is 2. The summed E-state index contributed by atoms with van der Waals surface area (Å²) >= 11 is 0. The summed E-state index contributed by atoms with van der Waals surface area (Å²) in [6, 6.07) is 13.2. The van der Waals surface area contributed by atoms with Crippen LogP contribution in [-0.2, 0) is 10.0 Å². The molecule has 2 N–H and O–H groups in total. The monoisotopic (exact) mass is 464 g/mol. The smallest absolute Gasteiger partial charge is 0.262 e. The molecule has 5 rings (SSSR count). The summed E-state index contributed by atoms with van der Waals surface area (Å²) in [7, 11) is -3.80. The third kappa shape index (κ3) is 4.72. The average molecular weight is 465 g/mol. The Morgan fingerprint density at radius 2 is 1.70 bits per heavy atom. The standard InChI is InChI=1S/C22H20N6O4S/c29-33(30,18-6-7-19-20(12-18)32-11-1-10-31-19)27-17-4-2-16(3-5-17)26-21-13-22(25-14-24-21)28-9-8-23-15-28/h2-9,12-15,27H,1,10-11H2,(H,24,25,26). The molecule has 2 aromatic heterocycles. The Morgan fingerprint density at radius 1 is 0.909 bits per heavy atom. The van der Waals surface area contributed by atoms with E-state index in [9.17, 15) is 8.42 Å². The maximum Gasteiger partial charge on any atom is 0.262 e. The molecule has 0 amide bonds. The lowest BCUT2D eigenvalue weighted by atomic mass is 10.3. The zero-order chi connectivity index (χ0) is 22.7. The molecule has 4 aromatic rings. The summed E-state index contributed by atoms with van der Waals surface area (Å²) in [4.78, 5) is 12.5. The molecule has 0 unspecified atom stereocenters. The van der Waals surface area contributed by atoms with Gasteiger partial charge in [-0.2, -0.15) is 0 Å². The highest BCUT2D eigenvalue weighted by atomic mass is 32.2. The van der Waals surface area contributed by atoms with Crippen molar-refractivity contribution in [3.05, 3.63) is 73.6 Å². The number of rotatable bonds is 6. The van der Waals surface area contributed by atoms with Crippen molar-refractivity contribution in [1.82, 2.24) is 19.5 Å². The molecular formula is C22H20N6O4S. The molecule has 0 radical (unpaired) electrons. The molecule has 0 atom stereocenters. The van der Waals surface area contributed by atoms with Crippen molar-refractivity contribution in [2.45, 2.75) is 11.3 Å². The van der Waals surface area contributed by atoms with Gasteiger partial charge >= 0.3 is 0 Å². The Labute approximate surface area is 190 Å². The molecule has 10 nitrogen and oxygen atoms in total. The number of nitrogens with zero attached hydrogens (tertiary/aromatic N) is 4. The minimum absolute atomic E-state index is 0.0990. The first kappa shape index (κ1) is 20.8. The number of nitrogens with one attached hydrogen (secondary N) is 2. The number of anilines is 3. The molecule has 0 saturated carbocycles. The number of fused-ring (bicyclic) bond motifs is 1. The fraction of sp³-hybridized carbons (Fsp3) is 0.136. The van der Waals surface area contributed by atoms with Crippen LogP contribution in [0, 0.1) is 0 Å². The Balaban J connectivity index is 1.29. The molecule has 1 aliphatic rings. The van der Waals surface area contributed by atoms with Crippen LogP contribution in [0.4, 0.5) is 17.2 Å². The molecule has 2 aromatic carbocycles. The predicted molar refractivity (Wildman–Crippen MR) is 122 cm³/mol. The summed E-state index contributed by atoms with van der Waals surface area (Å²) < 4.78 is 41.2. The van der Waals surface area contributed by atoms with Gasteiger partial charge in [0, 0.05) is 42.3 Å². The van der Waals surface area contributed by atoms with Crippen molar-refractivity contribution >= 4 is 27.2 Å². The van der Waals surface area contributed by atoms with E-state index in [-0.39, 0.29) is 4.90 Å². The minimum Gasteiger partial charge on any atom is -0.490 e. The van der Waals surface area contributed by atoms with Crippen LogP contribution in [0.25, 0.3) is 5.82 Å². The van der Waals surface area contributed by atoms with E-state index in [1.807, 2.05) is 0 Å². The lowest BCUT2D eigenvalue weighted by molar-refractivity contribution is 0.297. The van der Waals surface area contributed by atoms with Gasteiger partial charge in [-0.15, -0.1) is 0 Å². The van der Waals surface area contributed by atoms with E-state index in [0.29, 0.717) is 42.0 Å². The molecule has 0 aliphatic carbocycles. The number of imidazole rings is 1. The summed E-state index contributed by atoms with van der Waals surface area (Å²) in [6.45, 7) is 1.02. The third-order valence-corrected chi connectivity index (χ3v) is 6.24. The molecule has 0 saturated heterocycles. The third-order valence-electron chi connectivity index (χ3n) is 4.86. The molecule has 3 heterocycles. The highest BCUT2D eigenvalue weighted by Crippen LogP contribution is 2.32. The van der Waals surface area contributed by atoms with Crippen LogP contribution in [0.15, 0.2) is 78.5 Å². The quantitative estimate of drug-likeness (QED) is 0.446. The zero-order valence-electron chi connectivity index (χ0n) is 17.4. The van der Waals surface area contributed by atoms with Gasteiger partial charge in [-0.1, -0.05) is 0 Å². The summed E-state index contributed by atoms with van der Waals surface area (Å²) in [5.41, 5.74) is 1.17. The van der Waals surface area contributed by atoms with Crippen molar-refractivity contribution in [2.24, 2.45) is 0 Å². The SMILES string of the molecule is O=S(=O)(Nc1ccc(Nc2cc(-n3ccnc3)ncn2)cc1)c1ccc2c(c1)OCCCO2. The van der Waals surface area contributed by atoms with Gasteiger partial charge in [0.25, 0.3) is 10.0 Å². The van der Waals surface area contributed by atoms with Gasteiger partial charge in [-0.25, -0.2) is 23.4 Å². The van der Waals surface area contributed by atoms with E-state index in [1.165, 1.54) is 18.5 Å². The van der Waals surface area contributed by atoms with Crippen LogP contribution in [0.5, 0.6) is 11.5 Å². The summed E-state index contributed by atoms with van der Waals surface area (Å²) in [5, 5.41) is 3.18. The second-order valence-corrected chi connectivity index (χ2v) is 8.88. The van der Waals surface area contributed by atoms with E-state index in [0.717, 1.165) is 12.1 Å². The molecule has 33 heavy (non-hydrogen) atoms. The van der Waals surface area contributed by atoms with Crippen LogP contribution >= 0.6 is 0 Å². The van der Waals surface area contributed by atoms with E-state index < -0.39 is 10.0 Å². The van der Waals surface area contributed by atoms with E-state index in [1.54, 1.807) is 59.7 Å². The molecular weight excluding hydrogens is 444 g/mol. The first-order chi connectivity index (χ1) is 16.1. The summed E-state index contributed by atoms with van der Waals surface area (Å²) in [5.74, 6) is 2.23. The molecule has 0 bridgehead atoms. The fourth-order valence-electron chi connectivity index (χ4n) is 3.25. The van der Waals surface area contributed by atoms with Crippen molar-refractivity contribution in [3.63, 3.8) is 0 Å². The van der Waals surface area contributed by atoms with Crippen LogP contribution in [-0.4, -0.2) is 41.2 Å². The lowest BCUT2D eigenvalue weighted by Crippen LogP contribution is -2.13. The number of aromatic nitrogens is 4. The van der Waals surface area contributed by atoms with Crippen molar-refractivity contribution in [1.29, 1.82) is 0 Å². The Hall–Kier alpha value is -4.12. The van der Waals surface area contributed by atoms with Gasteiger partial charge in [0.1, 0.15) is 24.3 Å². The first-order valence-electron chi connectivity index (χ1n) is 10.2. The number of sulfonamides is 1. The molecule has 168 valence electrons. The van der Waals surface area contributed by atoms with Gasteiger partial charge in [-0.05, 0) is 36.4 Å². The molecule has 11 heteroatoms. The predicted octanol–water partition coefficient (Wildman–Crippen LogP) is 3.37. The van der Waals surface area contributed by atoms with Gasteiger partial charge in [0.05, 0.1) is 18.1 Å². The van der Waals surface area contributed by atoms with Crippen molar-refractivity contribution in [2.75, 3.05) is 23.3 Å². The van der Waals surface area contributed by atoms with Gasteiger partial charge in [0.15, 0.2) is 11.5 Å². The number of benzene rings is 2. The van der Waals surface area contributed by atoms with Gasteiger partial charge in [0.2, 0.25) is 0 Å². The second kappa shape index (κ2) is 8.79. The first-order valence-corrected chi connectivity index (χ1v) is 11.7. The second-order valence-electron chi connectivity index (χ2n) is 7.20. The zero-order valence-corrected chi connectivity index (χ0v) is 18.2. The highest BCUT2D eigenvalue weighted by Gasteiger charge is 2.19. The van der Waals surface area contributed by atoms with Gasteiger partial charge in [-0.3, -0.25) is 9.29 Å². The highest BCUT2D eigenvalue weighted by molar-refractivity contribution is 7.92. The number of hydrogen-bond acceptors (Lipinski definition) is 8. The normalized spacial score (nSPS) is 13.2. The lowest BCUT2D eigenvalue weighted by Gasteiger charge is -2.12. The van der Waals surface area contributed by atoms with Crippen molar-refractivity contribution < 1.29 is 17.9 Å². The Kier molecular flexibility index (Phi) is 5.53. The van der Waals surface area contributed by atoms with Crippen LogP contribution in [0.3, 0.4) is 0 Å². The number of ether oxygens (including phenoxy) is 2. The van der Waals surface area contributed by atoms with Crippen LogP contribution in [0.2, 0.25) is 0 Å². The van der Waals surface area contributed by atoms with Crippen LogP contribution in [0.1, 0.15) is 6.42 Å². The maximum absolute atomic E-state index is 12.9. The molecule has 0 fully saturated rings. The van der Waals surface area contributed by atoms with Crippen LogP contribution < -0.4 is 19.5 Å². The topological polar surface area (TPSA) is 120 Å². The maximum atomic E-state index is 12.9. The molecule has 1 aliphatic heterocycles. The molecule has 0 spiro atoms. The van der Waals surface area contributed by atoms with E-state index >= 15 is 0 Å². The minimum atomic E-state index is -3.80. The average Bonchev–Trinajstić information content (AvgIpc) is 3.26. The van der Waals surface area contributed by atoms with Crippen molar-refractivity contribution in [3.8, 4) is 17.3 Å². The Morgan fingerprint density at radius 3 is 2.48 bits per heavy atom. The van der Waals surface area contributed by atoms with E-state index in [4.69, 9.17) is 9.47 Å².